The summed E-state index contributed by atoms with van der Waals surface area (Å²) >= 11 is 0. The maximum Gasteiger partial charge on any atom is 0.107 e. The van der Waals surface area contributed by atoms with Gasteiger partial charge in [0.1, 0.15) is 6.23 Å². The van der Waals surface area contributed by atoms with Crippen molar-refractivity contribution in [1.82, 2.24) is 9.80 Å². The van der Waals surface area contributed by atoms with Crippen LogP contribution in [0.4, 0.5) is 0 Å². The molecule has 0 heterocycles. The Bertz CT molecular complexity index is 107. The number of aliphatic hydroxyl groups excluding tert-OH is 1. The molecule has 0 aliphatic carbocycles. The highest BCUT2D eigenvalue weighted by Crippen LogP contribution is 2.00. The molecule has 0 aliphatic rings. The lowest BCUT2D eigenvalue weighted by molar-refractivity contribution is 0.0122. The lowest BCUT2D eigenvalue weighted by atomic mass is 10.3. The number of aliphatic hydroxyl groups is 1. The third kappa shape index (κ3) is 5.52. The topological polar surface area (TPSA) is 26.7 Å². The van der Waals surface area contributed by atoms with Crippen LogP contribution in [0.5, 0.6) is 0 Å². The van der Waals surface area contributed by atoms with E-state index in [1.54, 1.807) is 0 Å². The summed E-state index contributed by atoms with van der Waals surface area (Å²) < 4.78 is 0. The van der Waals surface area contributed by atoms with Crippen molar-refractivity contribution in [3.05, 3.63) is 0 Å². The van der Waals surface area contributed by atoms with Gasteiger partial charge in [-0.3, -0.25) is 4.90 Å². The van der Waals surface area contributed by atoms with Crippen LogP contribution in [0.15, 0.2) is 0 Å². The van der Waals surface area contributed by atoms with Gasteiger partial charge < -0.3 is 10.0 Å². The first kappa shape index (κ1) is 11.9. The molecule has 0 aliphatic heterocycles. The van der Waals surface area contributed by atoms with Crippen LogP contribution in [-0.4, -0.2) is 55.4 Å². The standard InChI is InChI=1S/C9H22N2O/c1-5-6-9(12)11(4)8-7-10(2)3/h9,12H,5-8H2,1-4H3. The second kappa shape index (κ2) is 6.40. The minimum absolute atomic E-state index is 0.269. The van der Waals surface area contributed by atoms with Crippen LogP contribution in [0.25, 0.3) is 0 Å². The molecule has 0 spiro atoms. The molecule has 1 unspecified atom stereocenters. The molecule has 0 aromatic heterocycles. The molecule has 0 aromatic carbocycles. The average molecular weight is 174 g/mol. The van der Waals surface area contributed by atoms with E-state index >= 15 is 0 Å². The molecule has 0 radical (unpaired) electrons. The fourth-order valence-corrected chi connectivity index (χ4v) is 0.985. The second-order valence-electron chi connectivity index (χ2n) is 3.55. The Balaban J connectivity index is 3.49. The highest BCUT2D eigenvalue weighted by molar-refractivity contribution is 4.57. The summed E-state index contributed by atoms with van der Waals surface area (Å²) in [7, 11) is 6.05. The summed E-state index contributed by atoms with van der Waals surface area (Å²) in [6.07, 6.45) is 1.63. The maximum absolute atomic E-state index is 9.54. The third-order valence-electron chi connectivity index (χ3n) is 1.96. The number of hydrogen-bond donors (Lipinski definition) is 1. The number of hydrogen-bond acceptors (Lipinski definition) is 3. The van der Waals surface area contributed by atoms with Gasteiger partial charge in [-0.15, -0.1) is 0 Å². The van der Waals surface area contributed by atoms with Gasteiger partial charge in [-0.25, -0.2) is 0 Å². The van der Waals surface area contributed by atoms with E-state index in [1.165, 1.54) is 0 Å². The Hall–Kier alpha value is -0.120. The molecule has 0 saturated heterocycles. The summed E-state index contributed by atoms with van der Waals surface area (Å²) in [6.45, 7) is 4.01. The predicted octanol–water partition coefficient (Wildman–Crippen LogP) is 0.598. The van der Waals surface area contributed by atoms with Gasteiger partial charge in [-0.2, -0.15) is 0 Å². The quantitative estimate of drug-likeness (QED) is 0.597. The first-order valence-electron chi connectivity index (χ1n) is 4.61. The number of likely N-dealkylation sites (N-methyl/N-ethyl adjacent to an activating group) is 2. The summed E-state index contributed by atoms with van der Waals surface area (Å²) in [5.74, 6) is 0. The number of rotatable bonds is 6. The maximum atomic E-state index is 9.54. The first-order valence-corrected chi connectivity index (χ1v) is 4.61. The molecule has 1 N–H and O–H groups in total. The smallest absolute Gasteiger partial charge is 0.107 e. The van der Waals surface area contributed by atoms with Gasteiger partial charge in [0.05, 0.1) is 0 Å². The van der Waals surface area contributed by atoms with Crippen LogP contribution in [0.1, 0.15) is 19.8 Å². The van der Waals surface area contributed by atoms with Crippen molar-refractivity contribution < 1.29 is 5.11 Å². The largest absolute Gasteiger partial charge is 0.378 e. The van der Waals surface area contributed by atoms with Crippen LogP contribution in [0, 0.1) is 0 Å². The lowest BCUT2D eigenvalue weighted by Gasteiger charge is -2.24. The molecular weight excluding hydrogens is 152 g/mol. The SMILES string of the molecule is CCCC(O)N(C)CCN(C)C. The van der Waals surface area contributed by atoms with Gasteiger partial charge in [0.25, 0.3) is 0 Å². The Labute approximate surface area is 76.0 Å². The van der Waals surface area contributed by atoms with Crippen molar-refractivity contribution in [1.29, 1.82) is 0 Å². The monoisotopic (exact) mass is 174 g/mol. The summed E-state index contributed by atoms with van der Waals surface area (Å²) in [5.41, 5.74) is 0. The molecule has 3 heteroatoms. The van der Waals surface area contributed by atoms with Gasteiger partial charge in [-0.05, 0) is 27.6 Å². The van der Waals surface area contributed by atoms with E-state index in [-0.39, 0.29) is 6.23 Å². The van der Waals surface area contributed by atoms with Crippen molar-refractivity contribution in [2.24, 2.45) is 0 Å². The molecule has 1 atom stereocenters. The highest BCUT2D eigenvalue weighted by atomic mass is 16.3. The molecule has 3 nitrogen and oxygen atoms in total. The van der Waals surface area contributed by atoms with E-state index < -0.39 is 0 Å². The van der Waals surface area contributed by atoms with Crippen molar-refractivity contribution in [2.45, 2.75) is 26.0 Å². The predicted molar refractivity (Wildman–Crippen MR) is 52.1 cm³/mol. The lowest BCUT2D eigenvalue weighted by Crippen LogP contribution is -2.36. The summed E-state index contributed by atoms with van der Waals surface area (Å²) in [4.78, 5) is 4.11. The molecule has 0 fully saturated rings. The van der Waals surface area contributed by atoms with Crippen molar-refractivity contribution >= 4 is 0 Å². The van der Waals surface area contributed by atoms with Crippen LogP contribution in [0.3, 0.4) is 0 Å². The molecule has 0 aromatic rings. The molecular formula is C9H22N2O. The molecule has 0 saturated carbocycles. The van der Waals surface area contributed by atoms with Crippen LogP contribution in [-0.2, 0) is 0 Å². The Morgan fingerprint density at radius 1 is 1.17 bits per heavy atom. The minimum Gasteiger partial charge on any atom is -0.378 e. The van der Waals surface area contributed by atoms with E-state index in [1.807, 2.05) is 26.0 Å². The Morgan fingerprint density at radius 3 is 2.17 bits per heavy atom. The van der Waals surface area contributed by atoms with E-state index in [9.17, 15) is 5.11 Å². The van der Waals surface area contributed by atoms with E-state index in [0.29, 0.717) is 0 Å². The van der Waals surface area contributed by atoms with Gasteiger partial charge in [0.2, 0.25) is 0 Å². The molecule has 12 heavy (non-hydrogen) atoms. The fraction of sp³-hybridized carbons (Fsp3) is 1.00. The van der Waals surface area contributed by atoms with E-state index in [0.717, 1.165) is 25.9 Å². The van der Waals surface area contributed by atoms with E-state index in [4.69, 9.17) is 0 Å². The van der Waals surface area contributed by atoms with Gasteiger partial charge in [-0.1, -0.05) is 13.3 Å². The zero-order chi connectivity index (χ0) is 9.56. The zero-order valence-electron chi connectivity index (χ0n) is 8.75. The van der Waals surface area contributed by atoms with Gasteiger partial charge in [0, 0.05) is 13.1 Å². The van der Waals surface area contributed by atoms with Gasteiger partial charge >= 0.3 is 0 Å². The van der Waals surface area contributed by atoms with Gasteiger partial charge in [0.15, 0.2) is 0 Å². The van der Waals surface area contributed by atoms with Crippen molar-refractivity contribution in [2.75, 3.05) is 34.2 Å². The van der Waals surface area contributed by atoms with Crippen LogP contribution < -0.4 is 0 Å². The number of nitrogens with zero attached hydrogens (tertiary/aromatic N) is 2. The molecule has 0 bridgehead atoms. The van der Waals surface area contributed by atoms with Crippen molar-refractivity contribution in [3.63, 3.8) is 0 Å². The van der Waals surface area contributed by atoms with Crippen LogP contribution in [0.2, 0.25) is 0 Å². The molecule has 74 valence electrons. The highest BCUT2D eigenvalue weighted by Gasteiger charge is 2.08. The molecule has 0 rings (SSSR count). The Kier molecular flexibility index (Phi) is 6.34. The Morgan fingerprint density at radius 2 is 1.75 bits per heavy atom. The average Bonchev–Trinajstić information content (AvgIpc) is 2.00. The fourth-order valence-electron chi connectivity index (χ4n) is 0.985. The summed E-state index contributed by atoms with van der Waals surface area (Å²) in [6, 6.07) is 0. The summed E-state index contributed by atoms with van der Waals surface area (Å²) in [5, 5.41) is 9.54. The van der Waals surface area contributed by atoms with Crippen molar-refractivity contribution in [3.8, 4) is 0 Å². The zero-order valence-corrected chi connectivity index (χ0v) is 8.75. The second-order valence-corrected chi connectivity index (χ2v) is 3.55. The van der Waals surface area contributed by atoms with Crippen LogP contribution >= 0.6 is 0 Å². The van der Waals surface area contributed by atoms with E-state index in [2.05, 4.69) is 11.8 Å². The normalized spacial score (nSPS) is 14.2. The molecule has 0 amide bonds. The third-order valence-corrected chi connectivity index (χ3v) is 1.96. The minimum atomic E-state index is -0.269. The first-order chi connectivity index (χ1) is 5.57.